The molecule has 2 aromatic carbocycles. The third kappa shape index (κ3) is 6.84. The quantitative estimate of drug-likeness (QED) is 0.201. The van der Waals surface area contributed by atoms with Crippen LogP contribution in [0.2, 0.25) is 0 Å². The number of benzene rings is 2. The summed E-state index contributed by atoms with van der Waals surface area (Å²) in [4.78, 5) is 41.7. The number of allylic oxidation sites excluding steroid dienone is 4. The molecular weight excluding hydrogens is 685 g/mol. The van der Waals surface area contributed by atoms with E-state index >= 15 is 0 Å². The van der Waals surface area contributed by atoms with E-state index in [1.807, 2.05) is 12.1 Å². The number of carbonyl (C=O) groups is 3. The van der Waals surface area contributed by atoms with E-state index in [4.69, 9.17) is 14.2 Å². The number of nitrogens with zero attached hydrogens (tertiary/aromatic N) is 1. The molecule has 2 aromatic rings. The molecule has 8 nitrogen and oxygen atoms in total. The lowest BCUT2D eigenvalue weighted by Crippen LogP contribution is -2.44. The minimum absolute atomic E-state index is 0.0892. The highest BCUT2D eigenvalue weighted by atomic mass is 127. The smallest absolute Gasteiger partial charge is 0.335 e. The lowest BCUT2D eigenvalue weighted by Gasteiger charge is -2.49. The van der Waals surface area contributed by atoms with Crippen LogP contribution in [0.3, 0.4) is 0 Å². The fourth-order valence-electron chi connectivity index (χ4n) is 6.96. The molecule has 0 bridgehead atoms. The summed E-state index contributed by atoms with van der Waals surface area (Å²) in [6.45, 7) is 10.1. The maximum atomic E-state index is 14.1. The summed E-state index contributed by atoms with van der Waals surface area (Å²) >= 11 is 2.22. The Kier molecular flexibility index (Phi) is 9.52. The average molecular weight is 728 g/mol. The number of ketones is 2. The van der Waals surface area contributed by atoms with Gasteiger partial charge in [0.15, 0.2) is 23.1 Å². The Bertz CT molecular complexity index is 1530. The molecule has 0 spiro atoms. The summed E-state index contributed by atoms with van der Waals surface area (Å²) in [7, 11) is 3.28. The molecule has 3 aliphatic rings. The molecule has 0 fully saturated rings. The van der Waals surface area contributed by atoms with Crippen LogP contribution in [0.1, 0.15) is 87.2 Å². The Morgan fingerprint density at radius 2 is 1.51 bits per heavy atom. The van der Waals surface area contributed by atoms with Crippen molar-refractivity contribution in [3.63, 3.8) is 0 Å². The van der Waals surface area contributed by atoms with Crippen LogP contribution in [0.5, 0.6) is 11.5 Å². The first kappa shape index (κ1) is 33.2. The molecule has 0 unspecified atom stereocenters. The standard InChI is InChI=1S/C36H42INO7/c1-35(2)16-25-31(27(39)18-35)30(32-26(38(25)12-7-13-43-5)17-36(3,4)19-28(32)40)23-14-24(37)33(29(15-23)44-6)45-20-21-8-10-22(11-9-21)34(41)42/h8-11,14-15,30H,7,12-13,16-20H2,1-6H3,(H,41,42). The Balaban J connectivity index is 1.60. The second-order valence-corrected chi connectivity index (χ2v) is 15.0. The monoisotopic (exact) mass is 727 g/mol. The van der Waals surface area contributed by atoms with Gasteiger partial charge in [-0.25, -0.2) is 4.79 Å². The normalized spacial score (nSPS) is 19.4. The van der Waals surface area contributed by atoms with E-state index in [1.54, 1.807) is 38.5 Å². The Labute approximate surface area is 278 Å². The van der Waals surface area contributed by atoms with E-state index in [0.29, 0.717) is 37.5 Å². The number of aromatic carboxylic acids is 1. The van der Waals surface area contributed by atoms with Crippen molar-refractivity contribution >= 4 is 40.1 Å². The number of carboxylic acids is 1. The summed E-state index contributed by atoms with van der Waals surface area (Å²) in [6, 6.07) is 10.5. The van der Waals surface area contributed by atoms with E-state index in [-0.39, 0.29) is 34.6 Å². The predicted octanol–water partition coefficient (Wildman–Crippen LogP) is 7.30. The van der Waals surface area contributed by atoms with Gasteiger partial charge in [-0.15, -0.1) is 0 Å². The van der Waals surface area contributed by atoms with Gasteiger partial charge in [-0.2, -0.15) is 0 Å². The first-order valence-corrected chi connectivity index (χ1v) is 16.4. The summed E-state index contributed by atoms with van der Waals surface area (Å²) in [5, 5.41) is 9.21. The molecule has 0 atom stereocenters. The molecule has 0 saturated heterocycles. The maximum Gasteiger partial charge on any atom is 0.335 e. The predicted molar refractivity (Wildman–Crippen MR) is 179 cm³/mol. The van der Waals surface area contributed by atoms with Crippen molar-refractivity contribution in [1.82, 2.24) is 4.90 Å². The van der Waals surface area contributed by atoms with Crippen LogP contribution in [-0.2, 0) is 20.9 Å². The maximum absolute atomic E-state index is 14.1. The van der Waals surface area contributed by atoms with Gasteiger partial charge in [0.2, 0.25) is 0 Å². The van der Waals surface area contributed by atoms with Gasteiger partial charge in [0.05, 0.1) is 16.2 Å². The first-order valence-electron chi connectivity index (χ1n) is 15.4. The summed E-state index contributed by atoms with van der Waals surface area (Å²) in [6.07, 6.45) is 3.13. The number of carbonyl (C=O) groups excluding carboxylic acids is 2. The largest absolute Gasteiger partial charge is 0.493 e. The van der Waals surface area contributed by atoms with Crippen molar-refractivity contribution in [2.45, 2.75) is 72.3 Å². The van der Waals surface area contributed by atoms with Gasteiger partial charge < -0.3 is 24.2 Å². The lowest BCUT2D eigenvalue weighted by atomic mass is 9.63. The molecule has 0 amide bonds. The molecule has 1 heterocycles. The fourth-order valence-corrected chi connectivity index (χ4v) is 7.74. The summed E-state index contributed by atoms with van der Waals surface area (Å²) in [5.41, 5.74) is 4.99. The topological polar surface area (TPSA) is 102 Å². The molecular formula is C36H42INO7. The Morgan fingerprint density at radius 1 is 0.933 bits per heavy atom. The van der Waals surface area contributed by atoms with Crippen LogP contribution < -0.4 is 9.47 Å². The minimum atomic E-state index is -0.980. The molecule has 0 radical (unpaired) electrons. The van der Waals surface area contributed by atoms with Crippen molar-refractivity contribution < 1.29 is 33.7 Å². The third-order valence-corrected chi connectivity index (χ3v) is 9.72. The van der Waals surface area contributed by atoms with Crippen molar-refractivity contribution in [1.29, 1.82) is 0 Å². The second kappa shape index (κ2) is 12.9. The first-order chi connectivity index (χ1) is 21.2. The minimum Gasteiger partial charge on any atom is -0.493 e. The van der Waals surface area contributed by atoms with Gasteiger partial charge in [0, 0.05) is 61.6 Å². The van der Waals surface area contributed by atoms with E-state index in [9.17, 15) is 19.5 Å². The number of hydrogen-bond acceptors (Lipinski definition) is 7. The van der Waals surface area contributed by atoms with Gasteiger partial charge in [0.25, 0.3) is 0 Å². The average Bonchev–Trinajstić information content (AvgIpc) is 2.95. The molecule has 0 saturated carbocycles. The van der Waals surface area contributed by atoms with E-state index in [0.717, 1.165) is 56.5 Å². The molecule has 1 N–H and O–H groups in total. The highest BCUT2D eigenvalue weighted by Gasteiger charge is 2.49. The van der Waals surface area contributed by atoms with Gasteiger partial charge >= 0.3 is 5.97 Å². The van der Waals surface area contributed by atoms with Crippen LogP contribution in [0.25, 0.3) is 0 Å². The van der Waals surface area contributed by atoms with Crippen LogP contribution in [0.15, 0.2) is 58.9 Å². The van der Waals surface area contributed by atoms with E-state index in [1.165, 1.54) is 0 Å². The summed E-state index contributed by atoms with van der Waals surface area (Å²) in [5.74, 6) is -0.222. The number of rotatable bonds is 10. The van der Waals surface area contributed by atoms with Crippen molar-refractivity contribution in [2.24, 2.45) is 10.8 Å². The number of ether oxygens (including phenoxy) is 3. The molecule has 240 valence electrons. The van der Waals surface area contributed by atoms with Crippen LogP contribution in [0, 0.1) is 14.4 Å². The number of halogens is 1. The van der Waals surface area contributed by atoms with Gasteiger partial charge in [-0.05, 0) is 88.1 Å². The van der Waals surface area contributed by atoms with Crippen molar-refractivity contribution in [2.75, 3.05) is 27.4 Å². The van der Waals surface area contributed by atoms with Gasteiger partial charge in [-0.3, -0.25) is 9.59 Å². The van der Waals surface area contributed by atoms with Crippen molar-refractivity contribution in [3.8, 4) is 11.5 Å². The Hall–Kier alpha value is -3.18. The van der Waals surface area contributed by atoms with Crippen LogP contribution in [0.4, 0.5) is 0 Å². The Morgan fingerprint density at radius 3 is 2.02 bits per heavy atom. The van der Waals surface area contributed by atoms with Crippen LogP contribution in [-0.4, -0.2) is 54.9 Å². The van der Waals surface area contributed by atoms with Gasteiger partial charge in [-0.1, -0.05) is 39.8 Å². The summed E-state index contributed by atoms with van der Waals surface area (Å²) < 4.78 is 18.2. The third-order valence-electron chi connectivity index (χ3n) is 8.92. The number of Topliss-reactive ketones (excluding diaryl/α,β-unsaturated/α-hetero) is 2. The number of methoxy groups -OCH3 is 2. The lowest BCUT2D eigenvalue weighted by molar-refractivity contribution is -0.119. The molecule has 1 aliphatic heterocycles. The fraction of sp³-hybridized carbons (Fsp3) is 0.472. The molecule has 0 aromatic heterocycles. The molecule has 45 heavy (non-hydrogen) atoms. The zero-order valence-electron chi connectivity index (χ0n) is 26.9. The second-order valence-electron chi connectivity index (χ2n) is 13.9. The number of carboxylic acid groups (broad SMARTS) is 1. The highest BCUT2D eigenvalue weighted by Crippen LogP contribution is 2.55. The zero-order chi connectivity index (χ0) is 32.7. The van der Waals surface area contributed by atoms with Gasteiger partial charge in [0.1, 0.15) is 6.61 Å². The van der Waals surface area contributed by atoms with Crippen LogP contribution >= 0.6 is 22.6 Å². The highest BCUT2D eigenvalue weighted by molar-refractivity contribution is 14.1. The van der Waals surface area contributed by atoms with E-state index < -0.39 is 11.9 Å². The molecule has 9 heteroatoms. The zero-order valence-corrected chi connectivity index (χ0v) is 29.1. The number of hydrogen-bond donors (Lipinski definition) is 1. The molecule has 2 aliphatic carbocycles. The SMILES string of the molecule is COCCCN1C2=C(C(=O)CC(C)(C)C2)C(c2cc(I)c(OCc3ccc(C(=O)O)cc3)c(OC)c2)C2=C1CC(C)(C)CC2=O. The van der Waals surface area contributed by atoms with Crippen molar-refractivity contribution in [3.05, 3.63) is 79.2 Å². The molecule has 5 rings (SSSR count). The van der Waals surface area contributed by atoms with E-state index in [2.05, 4.69) is 55.2 Å².